The van der Waals surface area contributed by atoms with Crippen LogP contribution in [0.5, 0.6) is 0 Å². The van der Waals surface area contributed by atoms with E-state index in [9.17, 15) is 5.11 Å². The van der Waals surface area contributed by atoms with Crippen molar-refractivity contribution in [3.8, 4) is 6.07 Å². The van der Waals surface area contributed by atoms with Crippen LogP contribution < -0.4 is 0 Å². The third kappa shape index (κ3) is 3.71. The molecule has 2 rings (SSSR count). The molecule has 0 aliphatic carbocycles. The van der Waals surface area contributed by atoms with Crippen molar-refractivity contribution in [1.29, 1.82) is 5.26 Å². The van der Waals surface area contributed by atoms with Crippen LogP contribution in [0.1, 0.15) is 17.5 Å². The summed E-state index contributed by atoms with van der Waals surface area (Å²) in [4.78, 5) is 4.40. The number of hydrogen-bond donors (Lipinski definition) is 1. The first kappa shape index (κ1) is 15.3. The summed E-state index contributed by atoms with van der Waals surface area (Å²) >= 11 is 6.23. The lowest BCUT2D eigenvalue weighted by Crippen LogP contribution is -2.37. The van der Waals surface area contributed by atoms with Crippen LogP contribution in [0.15, 0.2) is 18.2 Å². The first-order chi connectivity index (χ1) is 9.49. The van der Waals surface area contributed by atoms with Crippen molar-refractivity contribution >= 4 is 11.6 Å². The fourth-order valence-electron chi connectivity index (χ4n) is 2.73. The van der Waals surface area contributed by atoms with Gasteiger partial charge >= 0.3 is 0 Å². The zero-order valence-corrected chi connectivity index (χ0v) is 12.6. The van der Waals surface area contributed by atoms with E-state index in [0.717, 1.165) is 18.5 Å². The first-order valence-corrected chi connectivity index (χ1v) is 7.12. The van der Waals surface area contributed by atoms with Gasteiger partial charge in [0.2, 0.25) is 0 Å². The van der Waals surface area contributed by atoms with Crippen LogP contribution in [-0.2, 0) is 6.54 Å². The van der Waals surface area contributed by atoms with Crippen LogP contribution in [0.25, 0.3) is 0 Å². The van der Waals surface area contributed by atoms with E-state index in [2.05, 4.69) is 15.9 Å². The van der Waals surface area contributed by atoms with Crippen molar-refractivity contribution in [3.05, 3.63) is 34.3 Å². The third-order valence-electron chi connectivity index (χ3n) is 3.64. The Balaban J connectivity index is 2.10. The second-order valence-electron chi connectivity index (χ2n) is 5.65. The topological polar surface area (TPSA) is 50.5 Å². The normalized spacial score (nSPS) is 23.2. The highest BCUT2D eigenvalue weighted by molar-refractivity contribution is 6.31. The minimum absolute atomic E-state index is 0.267. The first-order valence-electron chi connectivity index (χ1n) is 6.75. The molecule has 0 bridgehead atoms. The Kier molecular flexibility index (Phi) is 5.00. The number of benzene rings is 1. The molecule has 1 aromatic carbocycles. The van der Waals surface area contributed by atoms with E-state index >= 15 is 0 Å². The van der Waals surface area contributed by atoms with E-state index in [1.807, 2.05) is 20.2 Å². The largest absolute Gasteiger partial charge is 0.392 e. The maximum atomic E-state index is 9.88. The molecule has 1 saturated heterocycles. The van der Waals surface area contributed by atoms with Crippen molar-refractivity contribution in [2.75, 3.05) is 27.2 Å². The van der Waals surface area contributed by atoms with Gasteiger partial charge in [0.1, 0.15) is 0 Å². The number of likely N-dealkylation sites (N-methyl/N-ethyl adjacent to an activating group) is 1. The van der Waals surface area contributed by atoms with Crippen LogP contribution in [0.4, 0.5) is 0 Å². The fourth-order valence-corrected chi connectivity index (χ4v) is 2.97. The van der Waals surface area contributed by atoms with Gasteiger partial charge in [0.05, 0.1) is 17.7 Å². The van der Waals surface area contributed by atoms with Crippen LogP contribution in [-0.4, -0.2) is 54.2 Å². The van der Waals surface area contributed by atoms with Gasteiger partial charge in [0, 0.05) is 30.7 Å². The SMILES string of the molecule is CN(C)CC1CC(O)CN1Cc1ccc(C#N)cc1Cl. The van der Waals surface area contributed by atoms with E-state index in [-0.39, 0.29) is 6.10 Å². The van der Waals surface area contributed by atoms with Gasteiger partial charge in [0.15, 0.2) is 0 Å². The van der Waals surface area contributed by atoms with E-state index in [4.69, 9.17) is 16.9 Å². The number of rotatable bonds is 4. The summed E-state index contributed by atoms with van der Waals surface area (Å²) in [5.41, 5.74) is 1.58. The number of nitriles is 1. The molecular weight excluding hydrogens is 274 g/mol. The zero-order chi connectivity index (χ0) is 14.7. The predicted molar refractivity (Wildman–Crippen MR) is 79.5 cm³/mol. The van der Waals surface area contributed by atoms with Crippen molar-refractivity contribution in [1.82, 2.24) is 9.80 Å². The molecule has 0 saturated carbocycles. The minimum Gasteiger partial charge on any atom is -0.392 e. The van der Waals surface area contributed by atoms with Gasteiger partial charge in [-0.1, -0.05) is 17.7 Å². The molecule has 5 heteroatoms. The van der Waals surface area contributed by atoms with E-state index in [1.165, 1.54) is 0 Å². The van der Waals surface area contributed by atoms with Gasteiger partial charge in [-0.25, -0.2) is 0 Å². The van der Waals surface area contributed by atoms with Crippen molar-refractivity contribution in [2.45, 2.75) is 25.1 Å². The van der Waals surface area contributed by atoms with Crippen LogP contribution in [0.3, 0.4) is 0 Å². The third-order valence-corrected chi connectivity index (χ3v) is 3.99. The van der Waals surface area contributed by atoms with Gasteiger partial charge in [-0.3, -0.25) is 4.90 Å². The molecule has 2 unspecified atom stereocenters. The number of likely N-dealkylation sites (tertiary alicyclic amines) is 1. The molecule has 108 valence electrons. The Morgan fingerprint density at radius 2 is 2.25 bits per heavy atom. The molecule has 1 N–H and O–H groups in total. The average Bonchev–Trinajstić information content (AvgIpc) is 2.71. The molecule has 4 nitrogen and oxygen atoms in total. The van der Waals surface area contributed by atoms with Crippen LogP contribution >= 0.6 is 11.6 Å². The maximum Gasteiger partial charge on any atom is 0.0992 e. The number of aliphatic hydroxyl groups excluding tert-OH is 1. The van der Waals surface area contributed by atoms with Crippen molar-refractivity contribution in [3.63, 3.8) is 0 Å². The molecule has 1 aliphatic rings. The van der Waals surface area contributed by atoms with Gasteiger partial charge < -0.3 is 10.0 Å². The molecule has 0 aromatic heterocycles. The number of aliphatic hydroxyl groups is 1. The van der Waals surface area contributed by atoms with Gasteiger partial charge in [-0.05, 0) is 38.2 Å². The monoisotopic (exact) mass is 293 g/mol. The average molecular weight is 294 g/mol. The Morgan fingerprint density at radius 1 is 1.50 bits per heavy atom. The summed E-state index contributed by atoms with van der Waals surface area (Å²) in [6.45, 7) is 2.31. The Hall–Kier alpha value is -1.12. The fraction of sp³-hybridized carbons (Fsp3) is 0.533. The smallest absolute Gasteiger partial charge is 0.0992 e. The lowest BCUT2D eigenvalue weighted by Gasteiger charge is -2.27. The summed E-state index contributed by atoms with van der Waals surface area (Å²) in [5, 5.41) is 19.4. The maximum absolute atomic E-state index is 9.88. The number of nitrogens with zero attached hydrogens (tertiary/aromatic N) is 3. The van der Waals surface area contributed by atoms with Crippen molar-refractivity contribution < 1.29 is 5.11 Å². The molecule has 0 radical (unpaired) electrons. The molecular formula is C15H20ClN3O. The molecule has 1 aliphatic heterocycles. The highest BCUT2D eigenvalue weighted by atomic mass is 35.5. The van der Waals surface area contributed by atoms with E-state index < -0.39 is 0 Å². The summed E-state index contributed by atoms with van der Waals surface area (Å²) in [7, 11) is 4.08. The Morgan fingerprint density at radius 3 is 2.85 bits per heavy atom. The molecule has 20 heavy (non-hydrogen) atoms. The number of hydrogen-bond acceptors (Lipinski definition) is 4. The van der Waals surface area contributed by atoms with E-state index in [0.29, 0.717) is 29.7 Å². The quantitative estimate of drug-likeness (QED) is 0.918. The second kappa shape index (κ2) is 6.55. The van der Waals surface area contributed by atoms with Gasteiger partial charge in [0.25, 0.3) is 0 Å². The summed E-state index contributed by atoms with van der Waals surface area (Å²) < 4.78 is 0. The molecule has 1 aromatic rings. The Bertz CT molecular complexity index is 512. The minimum atomic E-state index is -0.267. The standard InChI is InChI=1S/C15H20ClN3O/c1-18(2)9-13-6-14(20)10-19(13)8-12-4-3-11(7-17)5-15(12)16/h3-5,13-14,20H,6,8-10H2,1-2H3. The number of halogens is 1. The predicted octanol–water partition coefficient (Wildman–Crippen LogP) is 1.71. The number of β-amino-alcohol motifs (C(OH)–C–C–N with tert-alkyl or cyclic N) is 1. The van der Waals surface area contributed by atoms with Crippen molar-refractivity contribution in [2.24, 2.45) is 0 Å². The summed E-state index contributed by atoms with van der Waals surface area (Å²) in [6.07, 6.45) is 0.531. The zero-order valence-electron chi connectivity index (χ0n) is 11.9. The highest BCUT2D eigenvalue weighted by Crippen LogP contribution is 2.25. The van der Waals surface area contributed by atoms with Crippen LogP contribution in [0, 0.1) is 11.3 Å². The van der Waals surface area contributed by atoms with Gasteiger partial charge in [-0.15, -0.1) is 0 Å². The second-order valence-corrected chi connectivity index (χ2v) is 6.06. The van der Waals surface area contributed by atoms with Gasteiger partial charge in [-0.2, -0.15) is 5.26 Å². The summed E-state index contributed by atoms with van der Waals surface area (Å²) in [5.74, 6) is 0. The highest BCUT2D eigenvalue weighted by Gasteiger charge is 2.31. The molecule has 0 amide bonds. The lowest BCUT2D eigenvalue weighted by molar-refractivity contribution is 0.169. The Labute approximate surface area is 125 Å². The van der Waals surface area contributed by atoms with E-state index in [1.54, 1.807) is 12.1 Å². The summed E-state index contributed by atoms with van der Waals surface area (Å²) in [6, 6.07) is 7.81. The molecule has 1 fully saturated rings. The lowest BCUT2D eigenvalue weighted by atomic mass is 10.1. The molecule has 2 atom stereocenters. The molecule has 1 heterocycles. The molecule has 0 spiro atoms. The van der Waals surface area contributed by atoms with Crippen LogP contribution in [0.2, 0.25) is 5.02 Å².